The molecule has 0 amide bonds. The van der Waals surface area contributed by atoms with Crippen LogP contribution in [0.3, 0.4) is 0 Å². The minimum absolute atomic E-state index is 0.181. The molecule has 150 valence electrons. The topological polar surface area (TPSA) is 56.6 Å². The van der Waals surface area contributed by atoms with Gasteiger partial charge in [-0.2, -0.15) is 9.78 Å². The molecular formula is C23H25N3O3. The van der Waals surface area contributed by atoms with Crippen LogP contribution in [0.4, 0.5) is 0 Å². The van der Waals surface area contributed by atoms with Crippen LogP contribution in [0.15, 0.2) is 59.4 Å². The normalized spacial score (nSPS) is 13.4. The maximum atomic E-state index is 12.6. The van der Waals surface area contributed by atoms with E-state index in [1.54, 1.807) is 6.07 Å². The predicted molar refractivity (Wildman–Crippen MR) is 113 cm³/mol. The first-order valence-electron chi connectivity index (χ1n) is 9.74. The zero-order valence-electron chi connectivity index (χ0n) is 17.0. The molecular weight excluding hydrogens is 366 g/mol. The van der Waals surface area contributed by atoms with Gasteiger partial charge >= 0.3 is 0 Å². The first-order chi connectivity index (χ1) is 14.0. The molecule has 0 radical (unpaired) electrons. The Balaban J connectivity index is 1.57. The molecule has 2 heterocycles. The number of fused-ring (bicyclic) bond motifs is 3. The lowest BCUT2D eigenvalue weighted by Crippen LogP contribution is -2.24. The molecule has 29 heavy (non-hydrogen) atoms. The van der Waals surface area contributed by atoms with Gasteiger partial charge in [0.1, 0.15) is 23.8 Å². The summed E-state index contributed by atoms with van der Waals surface area (Å²) in [6, 6.07) is 16.8. The van der Waals surface area contributed by atoms with Crippen molar-refractivity contribution in [2.45, 2.75) is 13.5 Å². The van der Waals surface area contributed by atoms with Gasteiger partial charge in [-0.3, -0.25) is 4.79 Å². The lowest BCUT2D eigenvalue weighted by molar-refractivity contribution is 0.222. The first kappa shape index (κ1) is 19.2. The van der Waals surface area contributed by atoms with Crippen molar-refractivity contribution in [2.75, 3.05) is 27.2 Å². The SMILES string of the molecule is CC(COc1ccc(-n2nc3c(cc2=O)COc2ccccc2-3)cc1)CN(C)C. The second-order valence-corrected chi connectivity index (χ2v) is 7.73. The molecule has 1 aliphatic rings. The lowest BCUT2D eigenvalue weighted by Gasteiger charge is -2.20. The van der Waals surface area contributed by atoms with Crippen molar-refractivity contribution in [2.24, 2.45) is 5.92 Å². The highest BCUT2D eigenvalue weighted by Crippen LogP contribution is 2.35. The summed E-state index contributed by atoms with van der Waals surface area (Å²) in [6.45, 7) is 4.13. The molecule has 0 saturated carbocycles. The van der Waals surface area contributed by atoms with Gasteiger partial charge in [-0.05, 0) is 50.5 Å². The van der Waals surface area contributed by atoms with E-state index in [-0.39, 0.29) is 5.56 Å². The summed E-state index contributed by atoms with van der Waals surface area (Å²) in [7, 11) is 4.11. The van der Waals surface area contributed by atoms with Crippen molar-refractivity contribution in [3.8, 4) is 28.4 Å². The van der Waals surface area contributed by atoms with Crippen molar-refractivity contribution in [1.82, 2.24) is 14.7 Å². The van der Waals surface area contributed by atoms with Crippen LogP contribution in [0.5, 0.6) is 11.5 Å². The van der Waals surface area contributed by atoms with E-state index in [0.29, 0.717) is 24.8 Å². The summed E-state index contributed by atoms with van der Waals surface area (Å²) in [6.07, 6.45) is 0. The Labute approximate surface area is 170 Å². The molecule has 0 aliphatic carbocycles. The molecule has 1 aromatic heterocycles. The lowest BCUT2D eigenvalue weighted by atomic mass is 10.0. The van der Waals surface area contributed by atoms with Gasteiger partial charge in [0.15, 0.2) is 0 Å². The molecule has 3 aromatic rings. The zero-order chi connectivity index (χ0) is 20.4. The molecule has 0 saturated heterocycles. The third-order valence-electron chi connectivity index (χ3n) is 4.83. The summed E-state index contributed by atoms with van der Waals surface area (Å²) in [5.74, 6) is 1.99. The Hall–Kier alpha value is -3.12. The third-order valence-corrected chi connectivity index (χ3v) is 4.83. The fourth-order valence-corrected chi connectivity index (χ4v) is 3.56. The Morgan fingerprint density at radius 1 is 1.17 bits per heavy atom. The number of hydrogen-bond donors (Lipinski definition) is 0. The maximum Gasteiger partial charge on any atom is 0.271 e. The summed E-state index contributed by atoms with van der Waals surface area (Å²) < 4.78 is 13.0. The molecule has 0 spiro atoms. The summed E-state index contributed by atoms with van der Waals surface area (Å²) in [5, 5.41) is 4.64. The number of ether oxygens (including phenoxy) is 2. The van der Waals surface area contributed by atoms with Gasteiger partial charge in [-0.1, -0.05) is 19.1 Å². The van der Waals surface area contributed by atoms with Gasteiger partial charge in [-0.25, -0.2) is 0 Å². The number of rotatable bonds is 6. The highest BCUT2D eigenvalue weighted by molar-refractivity contribution is 5.71. The maximum absolute atomic E-state index is 12.6. The molecule has 0 N–H and O–H groups in total. The van der Waals surface area contributed by atoms with Crippen LogP contribution in [-0.4, -0.2) is 41.9 Å². The second-order valence-electron chi connectivity index (χ2n) is 7.73. The summed E-state index contributed by atoms with van der Waals surface area (Å²) >= 11 is 0. The predicted octanol–water partition coefficient (Wildman–Crippen LogP) is 3.37. The van der Waals surface area contributed by atoms with E-state index < -0.39 is 0 Å². The minimum Gasteiger partial charge on any atom is -0.493 e. The molecule has 1 unspecified atom stereocenters. The monoisotopic (exact) mass is 391 g/mol. The fourth-order valence-electron chi connectivity index (χ4n) is 3.56. The van der Waals surface area contributed by atoms with Crippen molar-refractivity contribution in [3.63, 3.8) is 0 Å². The largest absolute Gasteiger partial charge is 0.493 e. The van der Waals surface area contributed by atoms with Crippen molar-refractivity contribution >= 4 is 0 Å². The van der Waals surface area contributed by atoms with Crippen molar-refractivity contribution in [1.29, 1.82) is 0 Å². The number of benzene rings is 2. The molecule has 6 nitrogen and oxygen atoms in total. The molecule has 0 fully saturated rings. The smallest absolute Gasteiger partial charge is 0.271 e. The van der Waals surface area contributed by atoms with Crippen LogP contribution in [0.25, 0.3) is 16.9 Å². The second kappa shape index (κ2) is 8.09. The molecule has 6 heteroatoms. The summed E-state index contributed by atoms with van der Waals surface area (Å²) in [5.41, 5.74) is 3.01. The highest BCUT2D eigenvalue weighted by atomic mass is 16.5. The quantitative estimate of drug-likeness (QED) is 0.645. The molecule has 1 aliphatic heterocycles. The first-order valence-corrected chi connectivity index (χ1v) is 9.74. The van der Waals surface area contributed by atoms with Gasteiger partial charge in [0.2, 0.25) is 0 Å². The van der Waals surface area contributed by atoms with Gasteiger partial charge in [0.25, 0.3) is 5.56 Å². The third kappa shape index (κ3) is 4.17. The number of nitrogens with zero attached hydrogens (tertiary/aromatic N) is 3. The Morgan fingerprint density at radius 2 is 1.93 bits per heavy atom. The standard InChI is InChI=1S/C23H25N3O3/c1-16(13-25(2)3)14-28-19-10-8-18(9-11-19)26-22(27)12-17-15-29-21-7-5-4-6-20(21)23(17)24-26/h4-12,16H,13-15H2,1-3H3. The van der Waals surface area contributed by atoms with Crippen molar-refractivity contribution < 1.29 is 9.47 Å². The summed E-state index contributed by atoms with van der Waals surface area (Å²) in [4.78, 5) is 14.8. The molecule has 4 rings (SSSR count). The zero-order valence-corrected chi connectivity index (χ0v) is 17.0. The average Bonchev–Trinajstić information content (AvgIpc) is 2.71. The van der Waals surface area contributed by atoms with E-state index in [1.807, 2.05) is 48.5 Å². The van der Waals surface area contributed by atoms with E-state index in [4.69, 9.17) is 9.47 Å². The van der Waals surface area contributed by atoms with Crippen LogP contribution in [0.2, 0.25) is 0 Å². The molecule has 0 bridgehead atoms. The average molecular weight is 391 g/mol. The van der Waals surface area contributed by atoms with Gasteiger partial charge < -0.3 is 14.4 Å². The van der Waals surface area contributed by atoms with E-state index in [0.717, 1.165) is 34.9 Å². The van der Waals surface area contributed by atoms with Crippen LogP contribution in [0.1, 0.15) is 12.5 Å². The minimum atomic E-state index is -0.181. The number of para-hydroxylation sites is 1. The Morgan fingerprint density at radius 3 is 2.69 bits per heavy atom. The number of hydrogen-bond acceptors (Lipinski definition) is 5. The van der Waals surface area contributed by atoms with E-state index >= 15 is 0 Å². The van der Waals surface area contributed by atoms with E-state index in [2.05, 4.69) is 31.0 Å². The van der Waals surface area contributed by atoms with Crippen molar-refractivity contribution in [3.05, 3.63) is 70.5 Å². The van der Waals surface area contributed by atoms with Crippen LogP contribution in [0, 0.1) is 5.92 Å². The molecule has 2 aromatic carbocycles. The Kier molecular flexibility index (Phi) is 5.36. The van der Waals surface area contributed by atoms with Crippen LogP contribution < -0.4 is 15.0 Å². The van der Waals surface area contributed by atoms with Gasteiger partial charge in [0.05, 0.1) is 12.3 Å². The fraction of sp³-hybridized carbons (Fsp3) is 0.304. The Bertz CT molecular complexity index is 1060. The van der Waals surface area contributed by atoms with Gasteiger partial charge in [0, 0.05) is 29.7 Å². The van der Waals surface area contributed by atoms with E-state index in [9.17, 15) is 4.79 Å². The van der Waals surface area contributed by atoms with E-state index in [1.165, 1.54) is 4.68 Å². The number of aromatic nitrogens is 2. The van der Waals surface area contributed by atoms with Gasteiger partial charge in [-0.15, -0.1) is 0 Å². The molecule has 1 atom stereocenters. The van der Waals surface area contributed by atoms with Crippen LogP contribution in [-0.2, 0) is 6.61 Å². The highest BCUT2D eigenvalue weighted by Gasteiger charge is 2.20. The van der Waals surface area contributed by atoms with Crippen LogP contribution >= 0.6 is 0 Å².